The molecule has 6 aliphatic heterocycles. The molecule has 1 amide bonds. The Labute approximate surface area is 402 Å². The summed E-state index contributed by atoms with van der Waals surface area (Å²) in [5.74, 6) is 0.956. The Kier molecular flexibility index (Phi) is 17.7. The molecule has 8 fully saturated rings. The highest BCUT2D eigenvalue weighted by atomic mass is 35.5. The van der Waals surface area contributed by atoms with E-state index in [0.29, 0.717) is 51.0 Å². The number of epoxide rings is 4. The van der Waals surface area contributed by atoms with Crippen LogP contribution in [-0.2, 0) is 37.9 Å². The Morgan fingerprint density at radius 1 is 0.836 bits per heavy atom. The molecule has 2 saturated carbocycles. The third-order valence-electron chi connectivity index (χ3n) is 13.8. The van der Waals surface area contributed by atoms with Crippen LogP contribution in [0, 0.1) is 33.8 Å². The number of nitro benzene ring substituents is 1. The second kappa shape index (κ2) is 22.3. The number of methoxy groups -OCH3 is 2. The van der Waals surface area contributed by atoms with Crippen LogP contribution in [0.4, 0.5) is 15.3 Å². The average molecular weight is 987 g/mol. The molecule has 6 saturated heterocycles. The number of aliphatic hydroxyl groups is 2. The van der Waals surface area contributed by atoms with E-state index in [0.717, 1.165) is 25.9 Å². The maximum atomic E-state index is 12.4. The van der Waals surface area contributed by atoms with Crippen LogP contribution < -0.4 is 10.1 Å². The number of non-ortho nitro benzene ring substituents is 1. The molecule has 9 rings (SSSR count). The lowest BCUT2D eigenvalue weighted by Gasteiger charge is -2.44. The third-order valence-corrected chi connectivity index (χ3v) is 13.8. The summed E-state index contributed by atoms with van der Waals surface area (Å²) in [6, 6.07) is 5.24. The number of rotatable bonds is 12. The van der Waals surface area contributed by atoms with Crippen molar-refractivity contribution in [1.82, 2.24) is 10.2 Å². The molecule has 20 heteroatoms. The van der Waals surface area contributed by atoms with Crippen LogP contribution in [0.15, 0.2) is 48.6 Å². The van der Waals surface area contributed by atoms with Crippen LogP contribution in [0.25, 0.3) is 0 Å². The van der Waals surface area contributed by atoms with Gasteiger partial charge in [0, 0.05) is 39.4 Å². The van der Waals surface area contributed by atoms with Crippen molar-refractivity contribution < 1.29 is 67.4 Å². The van der Waals surface area contributed by atoms with Gasteiger partial charge in [-0.3, -0.25) is 10.1 Å². The normalized spacial score (nSPS) is 37.0. The summed E-state index contributed by atoms with van der Waals surface area (Å²) in [7, 11) is 3.26. The van der Waals surface area contributed by atoms with Gasteiger partial charge in [-0.25, -0.2) is 9.59 Å². The fourth-order valence-corrected chi connectivity index (χ4v) is 9.85. The lowest BCUT2D eigenvalue weighted by Crippen LogP contribution is -2.58. The van der Waals surface area contributed by atoms with Crippen molar-refractivity contribution in [3.63, 3.8) is 0 Å². The fraction of sp³-hybridized carbons (Fsp3) is 0.745. The quantitative estimate of drug-likeness (QED) is 0.0406. The molecule has 6 heterocycles. The van der Waals surface area contributed by atoms with E-state index in [1.54, 1.807) is 14.2 Å². The van der Waals surface area contributed by atoms with Gasteiger partial charge in [0.05, 0.1) is 60.6 Å². The number of β-amino-alcohol motifs (C(OH)–C–C–N with tert-alkyl or cyclic N) is 2. The standard InChI is InChI=1S/C23H29NO8.C20H31NO6.C3H7NO.CH2Cl2/c1-14(2)5-10-18-22(3,32-18)20-19(28-4)17(11-12-23(20)13-29-23)31-21(25)30-16-8-6-15(7-9-16)24(26)27;1-12(2)5-6-15-19(3,27-15)17-16(24-4)14(7-8-20(17)11-25-20)26-18(23)21-9-13(22)10-21;5-3-1-4-2-3;2-1-3/h5-10,14,17-20H,11-13H2,1-4H3;5-6,12-17,22H,7-11H2,1-4H3;3-5H,1-2H2;1H2/b10-5+;6-5+;;/t17-,18-,19-,20?,22+,23+;14-,15-,16-,17?,19+,20+;;/m11../s1. The first-order chi connectivity index (χ1) is 31.8. The minimum absolute atomic E-state index is 0.00495. The topological polar surface area (TPSA) is 229 Å². The summed E-state index contributed by atoms with van der Waals surface area (Å²) >= 11 is 9.53. The van der Waals surface area contributed by atoms with Gasteiger partial charge in [-0.2, -0.15) is 0 Å². The van der Waals surface area contributed by atoms with Crippen LogP contribution >= 0.6 is 23.2 Å². The van der Waals surface area contributed by atoms with Crippen molar-refractivity contribution in [2.75, 3.05) is 59.0 Å². The Hall–Kier alpha value is -3.14. The second-order valence-corrected chi connectivity index (χ2v) is 20.3. The molecule has 1 aromatic rings. The first kappa shape index (κ1) is 53.2. The number of carbonyl (C=O) groups excluding carboxylic acids is 2. The molecule has 2 unspecified atom stereocenters. The average Bonchev–Trinajstić information content (AvgIpc) is 4.14. The molecule has 18 nitrogen and oxygen atoms in total. The van der Waals surface area contributed by atoms with E-state index in [1.165, 1.54) is 29.2 Å². The number of nitrogens with zero attached hydrogens (tertiary/aromatic N) is 2. The lowest BCUT2D eigenvalue weighted by molar-refractivity contribution is -0.384. The molecule has 67 heavy (non-hydrogen) atoms. The number of carbonyl (C=O) groups is 2. The first-order valence-corrected chi connectivity index (χ1v) is 24.2. The molecular formula is C47H69Cl2N3O15. The number of nitrogens with one attached hydrogen (secondary N) is 1. The zero-order valence-corrected chi connectivity index (χ0v) is 41.2. The number of hydrogen-bond acceptors (Lipinski definition) is 16. The van der Waals surface area contributed by atoms with Gasteiger partial charge in [-0.1, -0.05) is 52.0 Å². The number of amides is 1. The molecule has 0 bridgehead atoms. The van der Waals surface area contributed by atoms with E-state index in [4.69, 9.17) is 70.9 Å². The molecule has 2 spiro atoms. The van der Waals surface area contributed by atoms with Crippen molar-refractivity contribution in [3.8, 4) is 5.75 Å². The number of halogens is 2. The molecule has 0 aromatic heterocycles. The number of allylic oxidation sites excluding steroid dienone is 2. The molecular weight excluding hydrogens is 917 g/mol. The number of aliphatic hydroxyl groups excluding tert-OH is 2. The van der Waals surface area contributed by atoms with Crippen molar-refractivity contribution in [3.05, 3.63) is 58.7 Å². The van der Waals surface area contributed by atoms with Gasteiger partial charge < -0.3 is 63.1 Å². The Balaban J connectivity index is 0.000000192. The van der Waals surface area contributed by atoms with Crippen LogP contribution in [0.5, 0.6) is 5.75 Å². The Bertz CT molecular complexity index is 1890. The number of nitro groups is 1. The van der Waals surface area contributed by atoms with Crippen LogP contribution in [-0.4, -0.2) is 162 Å². The minimum atomic E-state index is -0.879. The molecule has 1 aromatic carbocycles. The highest BCUT2D eigenvalue weighted by Gasteiger charge is 2.73. The van der Waals surface area contributed by atoms with Crippen molar-refractivity contribution in [2.45, 2.75) is 138 Å². The Morgan fingerprint density at radius 2 is 1.27 bits per heavy atom. The maximum absolute atomic E-state index is 12.4. The highest BCUT2D eigenvalue weighted by molar-refractivity contribution is 6.40. The minimum Gasteiger partial charge on any atom is -0.443 e. The molecule has 8 aliphatic rings. The van der Waals surface area contributed by atoms with Gasteiger partial charge in [0.15, 0.2) is 0 Å². The molecule has 376 valence electrons. The van der Waals surface area contributed by atoms with E-state index in [-0.39, 0.29) is 82.0 Å². The van der Waals surface area contributed by atoms with E-state index in [9.17, 15) is 24.8 Å². The summed E-state index contributed by atoms with van der Waals surface area (Å²) < 4.78 is 52.3. The smallest absolute Gasteiger partial charge is 0.443 e. The number of alkyl halides is 2. The number of ether oxygens (including phenoxy) is 9. The van der Waals surface area contributed by atoms with E-state index >= 15 is 0 Å². The fourth-order valence-electron chi connectivity index (χ4n) is 9.85. The van der Waals surface area contributed by atoms with Crippen LogP contribution in [0.2, 0.25) is 0 Å². The summed E-state index contributed by atoms with van der Waals surface area (Å²) in [4.78, 5) is 36.6. The van der Waals surface area contributed by atoms with Gasteiger partial charge in [0.1, 0.15) is 64.8 Å². The monoisotopic (exact) mass is 985 g/mol. The first-order valence-electron chi connectivity index (χ1n) is 23.1. The predicted octanol–water partition coefficient (Wildman–Crippen LogP) is 6.15. The number of hydrogen-bond donors (Lipinski definition) is 3. The Morgan fingerprint density at radius 3 is 1.61 bits per heavy atom. The van der Waals surface area contributed by atoms with Crippen molar-refractivity contribution >= 4 is 41.1 Å². The SMILES string of the molecule is CO[C@H]1C([C@@]2(C)O[C@@H]2/C=C/C(C)C)[C@]2(CC[C@H]1OC(=O)N1CC(O)C1)CO2.CO[C@H]1C([C@@]2(C)O[C@@H]2/C=C/C(C)C)[C@]2(CC[C@H]1OC(=O)Oc1ccc([N+](=O)[O-])cc1)CO2.ClCCl.OC1CNC1. The van der Waals surface area contributed by atoms with Crippen molar-refractivity contribution in [2.24, 2.45) is 23.7 Å². The molecule has 3 N–H and O–H groups in total. The van der Waals surface area contributed by atoms with E-state index in [1.807, 2.05) is 0 Å². The predicted molar refractivity (Wildman–Crippen MR) is 246 cm³/mol. The number of likely N-dealkylation sites (tertiary alicyclic amines) is 1. The van der Waals surface area contributed by atoms with Gasteiger partial charge in [0.2, 0.25) is 0 Å². The van der Waals surface area contributed by atoms with Gasteiger partial charge >= 0.3 is 12.2 Å². The van der Waals surface area contributed by atoms with Gasteiger partial charge in [-0.05, 0) is 63.5 Å². The van der Waals surface area contributed by atoms with Gasteiger partial charge in [-0.15, -0.1) is 23.2 Å². The highest BCUT2D eigenvalue weighted by Crippen LogP contribution is 2.60. The van der Waals surface area contributed by atoms with Crippen LogP contribution in [0.1, 0.15) is 67.2 Å². The summed E-state index contributed by atoms with van der Waals surface area (Å²) in [5, 5.41) is 31.7. The third kappa shape index (κ3) is 12.8. The zero-order valence-electron chi connectivity index (χ0n) is 39.7. The maximum Gasteiger partial charge on any atom is 0.514 e. The van der Waals surface area contributed by atoms with E-state index in [2.05, 4.69) is 71.2 Å². The molecule has 2 aliphatic carbocycles. The zero-order chi connectivity index (χ0) is 48.9. The summed E-state index contributed by atoms with van der Waals surface area (Å²) in [5.41, 5.74) is -1.48. The largest absolute Gasteiger partial charge is 0.514 e. The van der Waals surface area contributed by atoms with Gasteiger partial charge in [0.25, 0.3) is 5.69 Å². The lowest BCUT2D eigenvalue weighted by atomic mass is 9.68. The second-order valence-electron chi connectivity index (χ2n) is 19.5. The summed E-state index contributed by atoms with van der Waals surface area (Å²) in [6.45, 7) is 16.3. The van der Waals surface area contributed by atoms with E-state index < -0.39 is 35.0 Å². The summed E-state index contributed by atoms with van der Waals surface area (Å²) in [6.07, 6.45) is 8.02. The van der Waals surface area contributed by atoms with Crippen LogP contribution in [0.3, 0.4) is 0 Å². The number of benzene rings is 1. The van der Waals surface area contributed by atoms with Crippen molar-refractivity contribution in [1.29, 1.82) is 0 Å². The molecule has 0 radical (unpaired) electrons. The molecule has 12 atom stereocenters.